The molecule has 122 valence electrons. The Hall–Kier alpha value is -3.17. The summed E-state index contributed by atoms with van der Waals surface area (Å²) in [6.07, 6.45) is 1.44. The number of nitriles is 1. The van der Waals surface area contributed by atoms with Crippen LogP contribution < -0.4 is 10.1 Å². The van der Waals surface area contributed by atoms with Crippen molar-refractivity contribution >= 4 is 27.5 Å². The van der Waals surface area contributed by atoms with Crippen molar-refractivity contribution in [1.29, 1.82) is 5.26 Å². The average molecular weight is 394 g/mol. The van der Waals surface area contributed by atoms with Gasteiger partial charge in [-0.3, -0.25) is 4.79 Å². The second-order valence-electron chi connectivity index (χ2n) is 5.09. The summed E-state index contributed by atoms with van der Waals surface area (Å²) >= 11 is 3.36. The molecule has 1 amide bonds. The molecule has 0 unspecified atom stereocenters. The monoisotopic (exact) mass is 393 g/mol. The summed E-state index contributed by atoms with van der Waals surface area (Å²) in [5.74, 6) is 0.740. The van der Waals surface area contributed by atoms with Crippen LogP contribution in [0.3, 0.4) is 0 Å². The van der Waals surface area contributed by atoms with Gasteiger partial charge in [0.25, 0.3) is 5.91 Å². The standard InChI is InChI=1S/C19H12BrN3O2/c20-15-5-7-17(8-6-15)25-18-9-4-14(12-22-18)19(24)23-16-3-1-2-13(10-16)11-21/h1-10,12H,(H,23,24). The van der Waals surface area contributed by atoms with Crippen molar-refractivity contribution in [3.63, 3.8) is 0 Å². The quantitative estimate of drug-likeness (QED) is 0.692. The van der Waals surface area contributed by atoms with Gasteiger partial charge in [-0.15, -0.1) is 0 Å². The molecule has 0 spiro atoms. The van der Waals surface area contributed by atoms with Crippen LogP contribution >= 0.6 is 15.9 Å². The zero-order valence-corrected chi connectivity index (χ0v) is 14.5. The maximum atomic E-state index is 12.2. The van der Waals surface area contributed by atoms with Gasteiger partial charge in [0, 0.05) is 22.4 Å². The lowest BCUT2D eigenvalue weighted by Gasteiger charge is -2.07. The van der Waals surface area contributed by atoms with E-state index in [1.807, 2.05) is 30.3 Å². The molecule has 25 heavy (non-hydrogen) atoms. The number of carbonyl (C=O) groups excluding carboxylic acids is 1. The molecule has 1 heterocycles. The summed E-state index contributed by atoms with van der Waals surface area (Å²) in [7, 11) is 0. The predicted molar refractivity (Wildman–Crippen MR) is 97.6 cm³/mol. The molecule has 0 fully saturated rings. The SMILES string of the molecule is N#Cc1cccc(NC(=O)c2ccc(Oc3ccc(Br)cc3)nc2)c1. The van der Waals surface area contributed by atoms with Gasteiger partial charge >= 0.3 is 0 Å². The Morgan fingerprint density at radius 1 is 1.12 bits per heavy atom. The lowest BCUT2D eigenvalue weighted by atomic mass is 10.2. The summed E-state index contributed by atoms with van der Waals surface area (Å²) < 4.78 is 6.58. The fourth-order valence-corrected chi connectivity index (χ4v) is 2.33. The first kappa shape index (κ1) is 16.7. The van der Waals surface area contributed by atoms with Crippen LogP contribution in [0.15, 0.2) is 71.3 Å². The first-order valence-electron chi connectivity index (χ1n) is 7.35. The van der Waals surface area contributed by atoms with Crippen LogP contribution in [0.2, 0.25) is 0 Å². The number of pyridine rings is 1. The first-order chi connectivity index (χ1) is 12.1. The van der Waals surface area contributed by atoms with E-state index < -0.39 is 0 Å². The highest BCUT2D eigenvalue weighted by molar-refractivity contribution is 9.10. The minimum atomic E-state index is -0.308. The maximum absolute atomic E-state index is 12.2. The Kier molecular flexibility index (Phi) is 5.07. The number of hydrogen-bond donors (Lipinski definition) is 1. The van der Waals surface area contributed by atoms with Crippen molar-refractivity contribution in [2.24, 2.45) is 0 Å². The number of benzene rings is 2. The Bertz CT molecular complexity index is 932. The van der Waals surface area contributed by atoms with Crippen molar-refractivity contribution in [2.45, 2.75) is 0 Å². The molecule has 0 aliphatic carbocycles. The number of ether oxygens (including phenoxy) is 1. The molecule has 3 aromatic rings. The number of halogens is 1. The van der Waals surface area contributed by atoms with Crippen LogP contribution in [0.25, 0.3) is 0 Å². The van der Waals surface area contributed by atoms with Crippen LogP contribution in [0.1, 0.15) is 15.9 Å². The highest BCUT2D eigenvalue weighted by Gasteiger charge is 2.08. The number of rotatable bonds is 4. The Labute approximate surface area is 153 Å². The number of anilines is 1. The van der Waals surface area contributed by atoms with E-state index >= 15 is 0 Å². The molecule has 0 aliphatic heterocycles. The number of hydrogen-bond acceptors (Lipinski definition) is 4. The van der Waals surface area contributed by atoms with Crippen LogP contribution in [0, 0.1) is 11.3 Å². The van der Waals surface area contributed by atoms with Gasteiger partial charge in [0.05, 0.1) is 17.2 Å². The summed E-state index contributed by atoms with van der Waals surface area (Å²) in [5.41, 5.74) is 1.43. The van der Waals surface area contributed by atoms with Gasteiger partial charge in [-0.2, -0.15) is 5.26 Å². The normalized spacial score (nSPS) is 9.92. The zero-order chi connectivity index (χ0) is 17.6. The van der Waals surface area contributed by atoms with Crippen molar-refractivity contribution in [2.75, 3.05) is 5.32 Å². The van der Waals surface area contributed by atoms with E-state index in [2.05, 4.69) is 26.2 Å². The molecule has 0 radical (unpaired) electrons. The molecule has 0 saturated carbocycles. The van der Waals surface area contributed by atoms with Gasteiger partial charge in [-0.05, 0) is 48.5 Å². The number of nitrogens with one attached hydrogen (secondary N) is 1. The van der Waals surface area contributed by atoms with Crippen molar-refractivity contribution in [1.82, 2.24) is 4.98 Å². The molecular formula is C19H12BrN3O2. The Morgan fingerprint density at radius 3 is 2.60 bits per heavy atom. The summed E-state index contributed by atoms with van der Waals surface area (Å²) in [6, 6.07) is 19.4. The van der Waals surface area contributed by atoms with E-state index in [1.165, 1.54) is 6.20 Å². The van der Waals surface area contributed by atoms with Gasteiger partial charge in [0.15, 0.2) is 0 Å². The Balaban J connectivity index is 1.68. The molecular weight excluding hydrogens is 382 g/mol. The molecule has 1 N–H and O–H groups in total. The summed E-state index contributed by atoms with van der Waals surface area (Å²) in [6.45, 7) is 0. The molecule has 2 aromatic carbocycles. The van der Waals surface area contributed by atoms with Gasteiger partial charge in [0.1, 0.15) is 5.75 Å². The van der Waals surface area contributed by atoms with E-state index in [9.17, 15) is 4.79 Å². The molecule has 6 heteroatoms. The summed E-state index contributed by atoms with van der Waals surface area (Å²) in [4.78, 5) is 16.4. The van der Waals surface area contributed by atoms with Crippen molar-refractivity contribution < 1.29 is 9.53 Å². The minimum absolute atomic E-state index is 0.308. The van der Waals surface area contributed by atoms with Crippen LogP contribution in [-0.4, -0.2) is 10.9 Å². The maximum Gasteiger partial charge on any atom is 0.257 e. The Morgan fingerprint density at radius 2 is 1.92 bits per heavy atom. The number of amides is 1. The molecule has 0 saturated heterocycles. The fraction of sp³-hybridized carbons (Fsp3) is 0. The highest BCUT2D eigenvalue weighted by Crippen LogP contribution is 2.22. The third-order valence-electron chi connectivity index (χ3n) is 3.28. The third kappa shape index (κ3) is 4.43. The minimum Gasteiger partial charge on any atom is -0.439 e. The number of aromatic nitrogens is 1. The van der Waals surface area contributed by atoms with E-state index in [0.717, 1.165) is 4.47 Å². The zero-order valence-electron chi connectivity index (χ0n) is 12.9. The van der Waals surface area contributed by atoms with E-state index in [-0.39, 0.29) is 5.91 Å². The van der Waals surface area contributed by atoms with E-state index in [0.29, 0.717) is 28.4 Å². The molecule has 3 rings (SSSR count). The first-order valence-corrected chi connectivity index (χ1v) is 8.14. The van der Waals surface area contributed by atoms with Crippen LogP contribution in [-0.2, 0) is 0 Å². The van der Waals surface area contributed by atoms with Crippen molar-refractivity contribution in [3.8, 4) is 17.7 Å². The highest BCUT2D eigenvalue weighted by atomic mass is 79.9. The van der Waals surface area contributed by atoms with Crippen LogP contribution in [0.4, 0.5) is 5.69 Å². The van der Waals surface area contributed by atoms with E-state index in [1.54, 1.807) is 36.4 Å². The smallest absolute Gasteiger partial charge is 0.257 e. The second kappa shape index (κ2) is 7.60. The van der Waals surface area contributed by atoms with Gasteiger partial charge in [-0.25, -0.2) is 4.98 Å². The fourth-order valence-electron chi connectivity index (χ4n) is 2.07. The number of carbonyl (C=O) groups is 1. The van der Waals surface area contributed by atoms with Gasteiger partial charge in [-0.1, -0.05) is 22.0 Å². The van der Waals surface area contributed by atoms with Crippen molar-refractivity contribution in [3.05, 3.63) is 82.5 Å². The largest absolute Gasteiger partial charge is 0.439 e. The predicted octanol–water partition coefficient (Wildman–Crippen LogP) is 4.76. The van der Waals surface area contributed by atoms with Gasteiger partial charge in [0.2, 0.25) is 5.88 Å². The van der Waals surface area contributed by atoms with E-state index in [4.69, 9.17) is 10.00 Å². The van der Waals surface area contributed by atoms with Crippen LogP contribution in [0.5, 0.6) is 11.6 Å². The lowest BCUT2D eigenvalue weighted by molar-refractivity contribution is 0.102. The lowest BCUT2D eigenvalue weighted by Crippen LogP contribution is -2.12. The summed E-state index contributed by atoms with van der Waals surface area (Å²) in [5, 5.41) is 11.6. The second-order valence-corrected chi connectivity index (χ2v) is 6.00. The van der Waals surface area contributed by atoms with Gasteiger partial charge < -0.3 is 10.1 Å². The molecule has 0 bridgehead atoms. The number of nitrogens with zero attached hydrogens (tertiary/aromatic N) is 2. The molecule has 0 aliphatic rings. The average Bonchev–Trinajstić information content (AvgIpc) is 2.64. The third-order valence-corrected chi connectivity index (χ3v) is 3.81. The molecule has 1 aromatic heterocycles. The topological polar surface area (TPSA) is 75.0 Å². The molecule has 5 nitrogen and oxygen atoms in total. The molecule has 0 atom stereocenters.